The van der Waals surface area contributed by atoms with Gasteiger partial charge in [-0.1, -0.05) is 67.3 Å². The summed E-state index contributed by atoms with van der Waals surface area (Å²) in [6.07, 6.45) is 1.62. The van der Waals surface area contributed by atoms with Crippen LogP contribution in [0.4, 0.5) is 0 Å². The maximum absolute atomic E-state index is 12.4. The molecule has 7 heteroatoms. The van der Waals surface area contributed by atoms with Gasteiger partial charge in [0.2, 0.25) is 0 Å². The number of hydrogen-bond acceptors (Lipinski definition) is 3. The number of ether oxygens (including phenoxy) is 1. The smallest absolute Gasteiger partial charge is 0.352 e. The molecule has 5 aromatic rings. The highest BCUT2D eigenvalue weighted by Crippen LogP contribution is 2.45. The zero-order chi connectivity index (χ0) is 24.5. The Balaban J connectivity index is 1.94. The third-order valence-corrected chi connectivity index (χ3v) is 6.08. The first-order chi connectivity index (χ1) is 17.0. The molecular formula is C28H22N2O5. The lowest BCUT2D eigenvalue weighted by Gasteiger charge is -2.22. The zero-order valence-corrected chi connectivity index (χ0v) is 18.6. The van der Waals surface area contributed by atoms with Crippen molar-refractivity contribution in [3.05, 3.63) is 114 Å². The van der Waals surface area contributed by atoms with Crippen molar-refractivity contribution >= 4 is 33.7 Å². The monoisotopic (exact) mass is 466 g/mol. The van der Waals surface area contributed by atoms with Crippen molar-refractivity contribution < 1.29 is 24.5 Å². The predicted molar refractivity (Wildman–Crippen MR) is 134 cm³/mol. The lowest BCUT2D eigenvalue weighted by molar-refractivity contribution is 0.0681. The number of benzene rings is 3. The second kappa shape index (κ2) is 8.87. The van der Waals surface area contributed by atoms with Gasteiger partial charge < -0.3 is 24.9 Å². The van der Waals surface area contributed by atoms with Gasteiger partial charge in [0.25, 0.3) is 0 Å². The van der Waals surface area contributed by atoms with Crippen LogP contribution in [0.3, 0.4) is 0 Å². The van der Waals surface area contributed by atoms with E-state index < -0.39 is 17.9 Å². The number of H-pyrrole nitrogens is 2. The molecule has 5 rings (SSSR count). The largest absolute Gasteiger partial charge is 0.489 e. The zero-order valence-electron chi connectivity index (χ0n) is 18.6. The third-order valence-electron chi connectivity index (χ3n) is 6.08. The number of aromatic amines is 2. The molecule has 0 bridgehead atoms. The third kappa shape index (κ3) is 3.73. The summed E-state index contributed by atoms with van der Waals surface area (Å²) in [6.45, 7) is 3.96. The molecular weight excluding hydrogens is 444 g/mol. The second-order valence-corrected chi connectivity index (χ2v) is 8.10. The summed E-state index contributed by atoms with van der Waals surface area (Å²) in [5.41, 5.74) is 2.86. The van der Waals surface area contributed by atoms with E-state index in [0.29, 0.717) is 44.2 Å². The normalized spacial score (nSPS) is 11.2. The SMILES string of the molecule is C=CCOc1ccccc1C(c1c(C(=O)O)[nH]c2ccccc12)c1c(C(=O)O)[nH]c2ccccc12. The number of fused-ring (bicyclic) bond motifs is 2. The molecule has 0 saturated carbocycles. The Hall–Kier alpha value is -4.78. The first kappa shape index (κ1) is 22.0. The Morgan fingerprint density at radius 3 is 1.80 bits per heavy atom. The van der Waals surface area contributed by atoms with Crippen LogP contribution in [0.15, 0.2) is 85.5 Å². The van der Waals surface area contributed by atoms with Gasteiger partial charge in [-0.05, 0) is 18.2 Å². The number of aromatic carboxylic acids is 2. The van der Waals surface area contributed by atoms with Gasteiger partial charge in [0.1, 0.15) is 23.7 Å². The van der Waals surface area contributed by atoms with Crippen LogP contribution in [0.2, 0.25) is 0 Å². The highest BCUT2D eigenvalue weighted by Gasteiger charge is 2.34. The van der Waals surface area contributed by atoms with Crippen LogP contribution < -0.4 is 4.74 Å². The van der Waals surface area contributed by atoms with E-state index in [9.17, 15) is 19.8 Å². The van der Waals surface area contributed by atoms with E-state index in [-0.39, 0.29) is 18.0 Å². The number of para-hydroxylation sites is 3. The minimum atomic E-state index is -1.14. The van der Waals surface area contributed by atoms with E-state index >= 15 is 0 Å². The maximum Gasteiger partial charge on any atom is 0.352 e. The summed E-state index contributed by atoms with van der Waals surface area (Å²) in [5, 5.41) is 21.7. The maximum atomic E-state index is 12.4. The van der Waals surface area contributed by atoms with Gasteiger partial charge in [-0.25, -0.2) is 9.59 Å². The quantitative estimate of drug-likeness (QED) is 0.216. The van der Waals surface area contributed by atoms with Gasteiger partial charge in [-0.15, -0.1) is 0 Å². The fourth-order valence-corrected chi connectivity index (χ4v) is 4.72. The van der Waals surface area contributed by atoms with E-state index in [1.165, 1.54) is 0 Å². The number of carboxylic acid groups (broad SMARTS) is 2. The minimum absolute atomic E-state index is 0.00339. The van der Waals surface area contributed by atoms with Crippen LogP contribution in [0, 0.1) is 0 Å². The fourth-order valence-electron chi connectivity index (χ4n) is 4.72. The summed E-state index contributed by atoms with van der Waals surface area (Å²) in [4.78, 5) is 30.9. The van der Waals surface area contributed by atoms with Gasteiger partial charge >= 0.3 is 11.9 Å². The lowest BCUT2D eigenvalue weighted by atomic mass is 9.81. The number of aromatic nitrogens is 2. The van der Waals surface area contributed by atoms with Gasteiger partial charge in [0, 0.05) is 44.4 Å². The van der Waals surface area contributed by atoms with Crippen LogP contribution in [-0.2, 0) is 0 Å². The number of hydrogen-bond donors (Lipinski definition) is 4. The molecule has 0 aliphatic heterocycles. The Labute approximate surface area is 200 Å². The van der Waals surface area contributed by atoms with E-state index in [0.717, 1.165) is 0 Å². The standard InChI is InChI=1S/C28H22N2O5/c1-2-15-35-21-14-8-5-11-18(21)22(23-16-9-3-6-12-19(16)29-25(23)27(31)32)24-17-10-4-7-13-20(17)30-26(24)28(33)34/h2-14,22,29-30H,1,15H2,(H,31,32)(H,33,34). The average Bonchev–Trinajstić information content (AvgIpc) is 3.44. The topological polar surface area (TPSA) is 115 Å². The Morgan fingerprint density at radius 2 is 1.29 bits per heavy atom. The van der Waals surface area contributed by atoms with Crippen molar-refractivity contribution in [2.75, 3.05) is 6.61 Å². The van der Waals surface area contributed by atoms with Crippen LogP contribution in [-0.4, -0.2) is 38.7 Å². The Bertz CT molecular complexity index is 1500. The van der Waals surface area contributed by atoms with E-state index in [1.807, 2.05) is 54.6 Å². The van der Waals surface area contributed by atoms with E-state index in [2.05, 4.69) is 16.5 Å². The first-order valence-electron chi connectivity index (χ1n) is 11.0. The Kier molecular flexibility index (Phi) is 5.58. The number of carboxylic acids is 2. The van der Waals surface area contributed by atoms with E-state index in [4.69, 9.17) is 4.74 Å². The van der Waals surface area contributed by atoms with Crippen molar-refractivity contribution in [2.24, 2.45) is 0 Å². The molecule has 174 valence electrons. The summed E-state index contributed by atoms with van der Waals surface area (Å²) in [6, 6.07) is 21.8. The highest BCUT2D eigenvalue weighted by molar-refractivity contribution is 6.02. The first-order valence-corrected chi connectivity index (χ1v) is 11.0. The van der Waals surface area contributed by atoms with E-state index in [1.54, 1.807) is 24.3 Å². The van der Waals surface area contributed by atoms with Crippen LogP contribution >= 0.6 is 0 Å². The summed E-state index contributed by atoms with van der Waals surface area (Å²) >= 11 is 0. The molecule has 35 heavy (non-hydrogen) atoms. The highest BCUT2D eigenvalue weighted by atomic mass is 16.5. The van der Waals surface area contributed by atoms with Crippen molar-refractivity contribution in [1.29, 1.82) is 0 Å². The second-order valence-electron chi connectivity index (χ2n) is 8.10. The van der Waals surface area contributed by atoms with Gasteiger partial charge in [-0.3, -0.25) is 0 Å². The summed E-state index contributed by atoms with van der Waals surface area (Å²) < 4.78 is 5.95. The predicted octanol–water partition coefficient (Wildman–Crippen LogP) is 5.79. The molecule has 0 amide bonds. The molecule has 0 aliphatic carbocycles. The molecule has 7 nitrogen and oxygen atoms in total. The molecule has 0 radical (unpaired) electrons. The number of nitrogens with one attached hydrogen (secondary N) is 2. The van der Waals surface area contributed by atoms with Crippen molar-refractivity contribution in [1.82, 2.24) is 9.97 Å². The average molecular weight is 466 g/mol. The summed E-state index contributed by atoms with van der Waals surface area (Å²) in [5.74, 6) is -2.52. The fraction of sp³-hybridized carbons (Fsp3) is 0.0714. The van der Waals surface area contributed by atoms with Crippen molar-refractivity contribution in [2.45, 2.75) is 5.92 Å². The van der Waals surface area contributed by atoms with Gasteiger partial charge in [0.05, 0.1) is 0 Å². The molecule has 0 unspecified atom stereocenters. The number of carbonyl (C=O) groups is 2. The van der Waals surface area contributed by atoms with Gasteiger partial charge in [0.15, 0.2) is 0 Å². The van der Waals surface area contributed by atoms with Crippen molar-refractivity contribution in [3.8, 4) is 5.75 Å². The lowest BCUT2D eigenvalue weighted by Crippen LogP contribution is -2.14. The molecule has 0 aliphatic rings. The minimum Gasteiger partial charge on any atom is -0.489 e. The molecule has 0 saturated heterocycles. The molecule has 0 atom stereocenters. The van der Waals surface area contributed by atoms with Gasteiger partial charge in [-0.2, -0.15) is 0 Å². The Morgan fingerprint density at radius 1 is 0.800 bits per heavy atom. The van der Waals surface area contributed by atoms with Crippen molar-refractivity contribution in [3.63, 3.8) is 0 Å². The molecule has 3 aromatic carbocycles. The molecule has 2 heterocycles. The number of rotatable bonds is 8. The summed E-state index contributed by atoms with van der Waals surface area (Å²) in [7, 11) is 0. The molecule has 0 spiro atoms. The van der Waals surface area contributed by atoms with Crippen LogP contribution in [0.1, 0.15) is 43.6 Å². The van der Waals surface area contributed by atoms with Crippen LogP contribution in [0.5, 0.6) is 5.75 Å². The molecule has 4 N–H and O–H groups in total. The molecule has 0 fully saturated rings. The van der Waals surface area contributed by atoms with Crippen LogP contribution in [0.25, 0.3) is 21.8 Å². The molecule has 2 aromatic heterocycles.